The summed E-state index contributed by atoms with van der Waals surface area (Å²) < 4.78 is 32.1. The molecular weight excluding hydrogens is 335 g/mol. The zero-order valence-electron chi connectivity index (χ0n) is 12.0. The standard InChI is InChI=1S/C13H18Cl2N2O3S/c1-3-16-6-8-17(9-7-16)21(18,19)11-5-4-10(14)12(15)13(11)20-2/h4-5H,3,6-9H2,1-2H3. The van der Waals surface area contributed by atoms with Gasteiger partial charge in [-0.15, -0.1) is 0 Å². The van der Waals surface area contributed by atoms with Crippen molar-refractivity contribution in [1.82, 2.24) is 9.21 Å². The molecule has 1 aromatic carbocycles. The summed E-state index contributed by atoms with van der Waals surface area (Å²) >= 11 is 12.0. The third kappa shape index (κ3) is 3.29. The maximum Gasteiger partial charge on any atom is 0.246 e. The van der Waals surface area contributed by atoms with Crippen LogP contribution in [0.25, 0.3) is 0 Å². The van der Waals surface area contributed by atoms with Gasteiger partial charge in [-0.1, -0.05) is 30.1 Å². The van der Waals surface area contributed by atoms with E-state index in [1.54, 1.807) is 0 Å². The third-order valence-electron chi connectivity index (χ3n) is 3.61. The van der Waals surface area contributed by atoms with Gasteiger partial charge in [0.2, 0.25) is 10.0 Å². The lowest BCUT2D eigenvalue weighted by atomic mass is 10.3. The first-order valence-electron chi connectivity index (χ1n) is 6.66. The summed E-state index contributed by atoms with van der Waals surface area (Å²) in [5.41, 5.74) is 0. The summed E-state index contributed by atoms with van der Waals surface area (Å²) in [7, 11) is -2.26. The van der Waals surface area contributed by atoms with Crippen molar-refractivity contribution in [1.29, 1.82) is 0 Å². The maximum atomic E-state index is 12.8. The van der Waals surface area contributed by atoms with E-state index in [-0.39, 0.29) is 20.7 Å². The quantitative estimate of drug-likeness (QED) is 0.834. The molecule has 0 unspecified atom stereocenters. The van der Waals surface area contributed by atoms with Crippen LogP contribution >= 0.6 is 23.2 Å². The molecule has 5 nitrogen and oxygen atoms in total. The number of benzene rings is 1. The van der Waals surface area contributed by atoms with Gasteiger partial charge in [0.15, 0.2) is 5.75 Å². The van der Waals surface area contributed by atoms with Crippen LogP contribution in [-0.4, -0.2) is 57.5 Å². The van der Waals surface area contributed by atoms with Gasteiger partial charge in [0.25, 0.3) is 0 Å². The van der Waals surface area contributed by atoms with Crippen molar-refractivity contribution >= 4 is 33.2 Å². The van der Waals surface area contributed by atoms with Crippen LogP contribution in [0, 0.1) is 0 Å². The van der Waals surface area contributed by atoms with Crippen molar-refractivity contribution < 1.29 is 13.2 Å². The fraction of sp³-hybridized carbons (Fsp3) is 0.538. The molecule has 0 N–H and O–H groups in total. The predicted octanol–water partition coefficient (Wildman–Crippen LogP) is 2.33. The Morgan fingerprint density at radius 1 is 1.19 bits per heavy atom. The normalized spacial score (nSPS) is 17.9. The summed E-state index contributed by atoms with van der Waals surface area (Å²) in [5, 5.41) is 0.385. The molecule has 0 atom stereocenters. The summed E-state index contributed by atoms with van der Waals surface area (Å²) in [4.78, 5) is 2.27. The number of hydrogen-bond donors (Lipinski definition) is 0. The minimum atomic E-state index is -3.64. The van der Waals surface area contributed by atoms with Crippen molar-refractivity contribution in [3.8, 4) is 5.75 Å². The number of nitrogens with zero attached hydrogens (tertiary/aromatic N) is 2. The number of halogens is 2. The molecule has 0 spiro atoms. The van der Waals surface area contributed by atoms with Crippen LogP contribution in [0.2, 0.25) is 10.0 Å². The van der Waals surface area contributed by atoms with E-state index in [0.29, 0.717) is 13.1 Å². The van der Waals surface area contributed by atoms with Crippen molar-refractivity contribution in [3.05, 3.63) is 22.2 Å². The molecule has 1 fully saturated rings. The first-order chi connectivity index (χ1) is 9.91. The lowest BCUT2D eigenvalue weighted by molar-refractivity contribution is 0.196. The lowest BCUT2D eigenvalue weighted by Crippen LogP contribution is -2.48. The van der Waals surface area contributed by atoms with Crippen LogP contribution in [0.3, 0.4) is 0 Å². The molecule has 1 heterocycles. The van der Waals surface area contributed by atoms with E-state index in [9.17, 15) is 8.42 Å². The Bertz CT molecular complexity index is 614. The van der Waals surface area contributed by atoms with Gasteiger partial charge >= 0.3 is 0 Å². The summed E-state index contributed by atoms with van der Waals surface area (Å²) in [6.07, 6.45) is 0. The van der Waals surface area contributed by atoms with Crippen LogP contribution in [0.15, 0.2) is 17.0 Å². The van der Waals surface area contributed by atoms with E-state index in [0.717, 1.165) is 19.6 Å². The SMILES string of the molecule is CCN1CCN(S(=O)(=O)c2ccc(Cl)c(Cl)c2OC)CC1. The number of likely N-dealkylation sites (N-methyl/N-ethyl adjacent to an activating group) is 1. The van der Waals surface area contributed by atoms with Crippen LogP contribution < -0.4 is 4.74 Å². The van der Waals surface area contributed by atoms with Crippen LogP contribution in [0.4, 0.5) is 0 Å². The molecule has 21 heavy (non-hydrogen) atoms. The van der Waals surface area contributed by atoms with Crippen molar-refractivity contribution in [2.75, 3.05) is 39.8 Å². The number of hydrogen-bond acceptors (Lipinski definition) is 4. The van der Waals surface area contributed by atoms with Gasteiger partial charge in [-0.05, 0) is 18.7 Å². The highest BCUT2D eigenvalue weighted by molar-refractivity contribution is 7.89. The average molecular weight is 353 g/mol. The Kier molecular flexibility index (Phi) is 5.38. The largest absolute Gasteiger partial charge is 0.494 e. The molecule has 0 amide bonds. The first-order valence-corrected chi connectivity index (χ1v) is 8.86. The maximum absolute atomic E-state index is 12.8. The second-order valence-electron chi connectivity index (χ2n) is 4.73. The highest BCUT2D eigenvalue weighted by Crippen LogP contribution is 2.38. The van der Waals surface area contributed by atoms with Gasteiger partial charge in [0, 0.05) is 26.2 Å². The fourth-order valence-electron chi connectivity index (χ4n) is 2.33. The van der Waals surface area contributed by atoms with Gasteiger partial charge in [-0.25, -0.2) is 8.42 Å². The van der Waals surface area contributed by atoms with Crippen molar-refractivity contribution in [3.63, 3.8) is 0 Å². The molecule has 2 rings (SSSR count). The molecule has 8 heteroatoms. The van der Waals surface area contributed by atoms with E-state index in [1.807, 2.05) is 0 Å². The zero-order chi connectivity index (χ0) is 15.6. The van der Waals surface area contributed by atoms with Gasteiger partial charge in [0.05, 0.1) is 12.1 Å². The van der Waals surface area contributed by atoms with E-state index in [2.05, 4.69) is 11.8 Å². The number of ether oxygens (including phenoxy) is 1. The van der Waals surface area contributed by atoms with Crippen molar-refractivity contribution in [2.45, 2.75) is 11.8 Å². The predicted molar refractivity (Wildman–Crippen MR) is 83.9 cm³/mol. The molecule has 0 bridgehead atoms. The average Bonchev–Trinajstić information content (AvgIpc) is 2.49. The first kappa shape index (κ1) is 16.8. The molecule has 0 saturated carbocycles. The minimum absolute atomic E-state index is 0.0596. The summed E-state index contributed by atoms with van der Waals surface area (Å²) in [6, 6.07) is 2.91. The van der Waals surface area contributed by atoms with Crippen LogP contribution in [-0.2, 0) is 10.0 Å². The van der Waals surface area contributed by atoms with Gasteiger partial charge in [0.1, 0.15) is 9.92 Å². The Labute approximate surface area is 135 Å². The lowest BCUT2D eigenvalue weighted by Gasteiger charge is -2.33. The number of methoxy groups -OCH3 is 1. The molecule has 1 aromatic rings. The van der Waals surface area contributed by atoms with Crippen LogP contribution in [0.1, 0.15) is 6.92 Å². The highest BCUT2D eigenvalue weighted by Gasteiger charge is 2.31. The third-order valence-corrected chi connectivity index (χ3v) is 6.32. The van der Waals surface area contributed by atoms with Crippen LogP contribution in [0.5, 0.6) is 5.75 Å². The second-order valence-corrected chi connectivity index (χ2v) is 7.42. The number of piperazine rings is 1. The molecule has 1 aliphatic heterocycles. The van der Waals surface area contributed by atoms with E-state index >= 15 is 0 Å². The molecule has 1 saturated heterocycles. The fourth-order valence-corrected chi connectivity index (χ4v) is 4.36. The van der Waals surface area contributed by atoms with Crippen molar-refractivity contribution in [2.24, 2.45) is 0 Å². The minimum Gasteiger partial charge on any atom is -0.494 e. The smallest absolute Gasteiger partial charge is 0.246 e. The molecule has 0 radical (unpaired) electrons. The molecule has 118 valence electrons. The molecule has 0 aromatic heterocycles. The molecular formula is C13H18Cl2N2O3S. The monoisotopic (exact) mass is 352 g/mol. The second kappa shape index (κ2) is 6.71. The Balaban J connectivity index is 2.35. The van der Waals surface area contributed by atoms with Gasteiger partial charge < -0.3 is 9.64 Å². The highest BCUT2D eigenvalue weighted by atomic mass is 35.5. The summed E-state index contributed by atoms with van der Waals surface area (Å²) in [6.45, 7) is 5.34. The van der Waals surface area contributed by atoms with Gasteiger partial charge in [-0.2, -0.15) is 4.31 Å². The number of rotatable bonds is 4. The Morgan fingerprint density at radius 3 is 2.33 bits per heavy atom. The number of sulfonamides is 1. The Hall–Kier alpha value is -0.530. The molecule has 1 aliphatic rings. The van der Waals surface area contributed by atoms with E-state index in [4.69, 9.17) is 27.9 Å². The topological polar surface area (TPSA) is 49.9 Å². The zero-order valence-corrected chi connectivity index (χ0v) is 14.3. The summed E-state index contributed by atoms with van der Waals surface area (Å²) in [5.74, 6) is 0.0992. The van der Waals surface area contributed by atoms with E-state index in [1.165, 1.54) is 23.5 Å². The van der Waals surface area contributed by atoms with Gasteiger partial charge in [-0.3, -0.25) is 0 Å². The molecule has 0 aliphatic carbocycles. The van der Waals surface area contributed by atoms with E-state index < -0.39 is 10.0 Å². The Morgan fingerprint density at radius 2 is 1.81 bits per heavy atom.